The third kappa shape index (κ3) is 3.12. The molecule has 0 amide bonds. The van der Waals surface area contributed by atoms with Crippen LogP contribution in [0.4, 0.5) is 0 Å². The van der Waals surface area contributed by atoms with E-state index in [-0.39, 0.29) is 0 Å². The van der Waals surface area contributed by atoms with E-state index in [2.05, 4.69) is 30.3 Å². The Hall–Kier alpha value is -2.78. The Morgan fingerprint density at radius 3 is 2.42 bits per heavy atom. The summed E-state index contributed by atoms with van der Waals surface area (Å²) in [7, 11) is 3.33. The van der Waals surface area contributed by atoms with Crippen molar-refractivity contribution in [2.45, 2.75) is 6.54 Å². The standard InChI is InChI=1S/C21H20NO2/c1-23-18-7-5-6-15(13-18)19-11-10-16(12-17(19)14-22)20-8-3-4-9-21(20)24-2/h3-6,8-13H,14,22H2,1-2H3. The van der Waals surface area contributed by atoms with Gasteiger partial charge in [-0.25, -0.2) is 0 Å². The fourth-order valence-corrected chi connectivity index (χ4v) is 2.82. The molecule has 0 saturated heterocycles. The highest BCUT2D eigenvalue weighted by molar-refractivity contribution is 5.77. The summed E-state index contributed by atoms with van der Waals surface area (Å²) in [5.74, 6) is 1.56. The summed E-state index contributed by atoms with van der Waals surface area (Å²) >= 11 is 0. The molecule has 0 aromatic heterocycles. The molecule has 3 aromatic rings. The molecule has 24 heavy (non-hydrogen) atoms. The van der Waals surface area contributed by atoms with Crippen molar-refractivity contribution in [3.05, 3.63) is 72.3 Å². The van der Waals surface area contributed by atoms with Crippen LogP contribution in [0.1, 0.15) is 5.56 Å². The highest BCUT2D eigenvalue weighted by atomic mass is 16.5. The lowest BCUT2D eigenvalue weighted by Gasteiger charge is -2.13. The van der Waals surface area contributed by atoms with Gasteiger partial charge in [-0.1, -0.05) is 36.4 Å². The van der Waals surface area contributed by atoms with Crippen molar-refractivity contribution in [3.8, 4) is 33.8 Å². The van der Waals surface area contributed by atoms with Crippen molar-refractivity contribution in [1.29, 1.82) is 0 Å². The molecule has 3 nitrogen and oxygen atoms in total. The maximum atomic E-state index is 6.01. The van der Waals surface area contributed by atoms with Crippen molar-refractivity contribution < 1.29 is 9.47 Å². The van der Waals surface area contributed by atoms with E-state index >= 15 is 0 Å². The largest absolute Gasteiger partial charge is 0.496 e. The molecule has 0 aliphatic heterocycles. The van der Waals surface area contributed by atoms with Gasteiger partial charge in [0.05, 0.1) is 14.2 Å². The van der Waals surface area contributed by atoms with Gasteiger partial charge in [0.2, 0.25) is 0 Å². The molecule has 0 bridgehead atoms. The van der Waals surface area contributed by atoms with Crippen LogP contribution in [0.25, 0.3) is 22.3 Å². The molecule has 0 atom stereocenters. The van der Waals surface area contributed by atoms with Gasteiger partial charge in [-0.2, -0.15) is 0 Å². The Morgan fingerprint density at radius 1 is 0.875 bits per heavy atom. The highest BCUT2D eigenvalue weighted by Gasteiger charge is 2.10. The molecule has 3 rings (SSSR count). The summed E-state index contributed by atoms with van der Waals surface area (Å²) < 4.78 is 10.7. The summed E-state index contributed by atoms with van der Waals surface area (Å²) in [6.07, 6.45) is 0. The SMILES string of the molecule is COc1[c]ccc(-c2ccc(-c3ccccc3OC)cc2CN)c1. The van der Waals surface area contributed by atoms with Crippen LogP contribution in [0.3, 0.4) is 0 Å². The molecular formula is C21H20NO2. The van der Waals surface area contributed by atoms with Crippen LogP contribution in [0.5, 0.6) is 11.5 Å². The molecule has 3 aromatic carbocycles. The fourth-order valence-electron chi connectivity index (χ4n) is 2.82. The van der Waals surface area contributed by atoms with Crippen molar-refractivity contribution in [2.24, 2.45) is 5.73 Å². The van der Waals surface area contributed by atoms with Crippen molar-refractivity contribution >= 4 is 0 Å². The minimum absolute atomic E-state index is 0.458. The van der Waals surface area contributed by atoms with Gasteiger partial charge in [0.1, 0.15) is 11.5 Å². The second kappa shape index (κ2) is 7.20. The zero-order valence-electron chi connectivity index (χ0n) is 13.9. The first-order valence-corrected chi connectivity index (χ1v) is 7.79. The fraction of sp³-hybridized carbons (Fsp3) is 0.143. The minimum atomic E-state index is 0.458. The monoisotopic (exact) mass is 318 g/mol. The zero-order valence-corrected chi connectivity index (χ0v) is 13.9. The first-order valence-electron chi connectivity index (χ1n) is 7.79. The third-order valence-corrected chi connectivity index (χ3v) is 4.05. The second-order valence-electron chi connectivity index (χ2n) is 5.42. The summed E-state index contributed by atoms with van der Waals surface area (Å²) in [5.41, 5.74) is 11.4. The van der Waals surface area contributed by atoms with Crippen LogP contribution < -0.4 is 15.2 Å². The first-order chi connectivity index (χ1) is 11.8. The number of para-hydroxylation sites is 1. The Labute approximate surface area is 142 Å². The third-order valence-electron chi connectivity index (χ3n) is 4.05. The highest BCUT2D eigenvalue weighted by Crippen LogP contribution is 2.34. The first kappa shape index (κ1) is 16.1. The lowest BCUT2D eigenvalue weighted by Crippen LogP contribution is -2.00. The maximum Gasteiger partial charge on any atom is 0.127 e. The van der Waals surface area contributed by atoms with E-state index in [1.165, 1.54) is 0 Å². The van der Waals surface area contributed by atoms with Gasteiger partial charge < -0.3 is 15.2 Å². The van der Waals surface area contributed by atoms with Gasteiger partial charge >= 0.3 is 0 Å². The van der Waals surface area contributed by atoms with Gasteiger partial charge in [0.15, 0.2) is 0 Å². The molecule has 0 unspecified atom stereocenters. The van der Waals surface area contributed by atoms with Gasteiger partial charge in [-0.05, 0) is 46.5 Å². The molecule has 0 aliphatic carbocycles. The smallest absolute Gasteiger partial charge is 0.127 e. The molecule has 2 N–H and O–H groups in total. The van der Waals surface area contributed by atoms with Crippen LogP contribution in [0.2, 0.25) is 0 Å². The zero-order chi connectivity index (χ0) is 16.9. The maximum absolute atomic E-state index is 6.01. The lowest BCUT2D eigenvalue weighted by molar-refractivity contribution is 0.414. The molecule has 0 fully saturated rings. The topological polar surface area (TPSA) is 44.5 Å². The molecule has 0 aliphatic rings. The van der Waals surface area contributed by atoms with Crippen LogP contribution >= 0.6 is 0 Å². The number of nitrogens with two attached hydrogens (primary N) is 1. The number of ether oxygens (including phenoxy) is 2. The van der Waals surface area contributed by atoms with E-state index in [0.717, 1.165) is 33.6 Å². The molecule has 0 spiro atoms. The summed E-state index contributed by atoms with van der Waals surface area (Å²) in [6, 6.07) is 23.2. The summed E-state index contributed by atoms with van der Waals surface area (Å²) in [6.45, 7) is 0.458. The van der Waals surface area contributed by atoms with Crippen LogP contribution in [-0.2, 0) is 6.54 Å². The van der Waals surface area contributed by atoms with E-state index in [0.29, 0.717) is 12.3 Å². The number of methoxy groups -OCH3 is 2. The lowest BCUT2D eigenvalue weighted by atomic mass is 9.94. The number of hydrogen-bond acceptors (Lipinski definition) is 3. The molecule has 0 heterocycles. The Morgan fingerprint density at radius 2 is 1.67 bits per heavy atom. The van der Waals surface area contributed by atoms with Gasteiger partial charge in [-0.3, -0.25) is 0 Å². The number of hydrogen-bond donors (Lipinski definition) is 1. The van der Waals surface area contributed by atoms with Gasteiger partial charge in [0, 0.05) is 18.2 Å². The van der Waals surface area contributed by atoms with E-state index in [1.54, 1.807) is 14.2 Å². The Bertz CT molecular complexity index is 843. The normalized spacial score (nSPS) is 10.5. The van der Waals surface area contributed by atoms with E-state index in [9.17, 15) is 0 Å². The summed E-state index contributed by atoms with van der Waals surface area (Å²) in [4.78, 5) is 0. The minimum Gasteiger partial charge on any atom is -0.496 e. The Kier molecular flexibility index (Phi) is 4.82. The van der Waals surface area contributed by atoms with Crippen LogP contribution in [-0.4, -0.2) is 14.2 Å². The predicted octanol–water partition coefficient (Wildman–Crippen LogP) is 4.30. The quantitative estimate of drug-likeness (QED) is 0.763. The van der Waals surface area contributed by atoms with Crippen molar-refractivity contribution in [1.82, 2.24) is 0 Å². The molecule has 3 heteroatoms. The van der Waals surface area contributed by atoms with Gasteiger partial charge in [0.25, 0.3) is 0 Å². The van der Waals surface area contributed by atoms with E-state index in [4.69, 9.17) is 15.2 Å². The molecule has 0 saturated carbocycles. The number of rotatable bonds is 5. The van der Waals surface area contributed by atoms with Crippen LogP contribution in [0, 0.1) is 6.07 Å². The van der Waals surface area contributed by atoms with Crippen molar-refractivity contribution in [3.63, 3.8) is 0 Å². The van der Waals surface area contributed by atoms with E-state index in [1.807, 2.05) is 36.4 Å². The second-order valence-corrected chi connectivity index (χ2v) is 5.42. The molecule has 1 radical (unpaired) electrons. The Balaban J connectivity index is 2.08. The average molecular weight is 318 g/mol. The van der Waals surface area contributed by atoms with Gasteiger partial charge in [-0.15, -0.1) is 0 Å². The van der Waals surface area contributed by atoms with E-state index < -0.39 is 0 Å². The van der Waals surface area contributed by atoms with Crippen molar-refractivity contribution in [2.75, 3.05) is 14.2 Å². The number of benzene rings is 3. The molecule has 121 valence electrons. The summed E-state index contributed by atoms with van der Waals surface area (Å²) in [5, 5.41) is 0. The average Bonchev–Trinajstić information content (AvgIpc) is 2.67. The predicted molar refractivity (Wildman–Crippen MR) is 97.1 cm³/mol. The van der Waals surface area contributed by atoms with Crippen LogP contribution in [0.15, 0.2) is 60.7 Å². The molecular weight excluding hydrogens is 298 g/mol.